The van der Waals surface area contributed by atoms with E-state index in [1.54, 1.807) is 6.92 Å². The van der Waals surface area contributed by atoms with Crippen LogP contribution in [0.25, 0.3) is 11.0 Å². The van der Waals surface area contributed by atoms with Crippen molar-refractivity contribution in [3.8, 4) is 0 Å². The molecule has 8 heteroatoms. The van der Waals surface area contributed by atoms with Crippen molar-refractivity contribution in [1.29, 1.82) is 0 Å². The lowest BCUT2D eigenvalue weighted by Gasteiger charge is -2.26. The lowest BCUT2D eigenvalue weighted by Crippen LogP contribution is -2.49. The fourth-order valence-electron chi connectivity index (χ4n) is 2.32. The fraction of sp³-hybridized carbons (Fsp3) is 0.471. The van der Waals surface area contributed by atoms with E-state index >= 15 is 0 Å². The Kier molecular flexibility index (Phi) is 8.71. The van der Waals surface area contributed by atoms with Gasteiger partial charge in [0.05, 0.1) is 22.5 Å². The van der Waals surface area contributed by atoms with Gasteiger partial charge in [0.1, 0.15) is 11.3 Å². The molecule has 0 unspecified atom stereocenters. The van der Waals surface area contributed by atoms with Gasteiger partial charge in [-0.1, -0.05) is 13.8 Å². The number of amides is 1. The van der Waals surface area contributed by atoms with Crippen LogP contribution >= 0.6 is 24.8 Å². The number of fused-ring (bicyclic) bond motifs is 1. The summed E-state index contributed by atoms with van der Waals surface area (Å²) in [6, 6.07) is 2.48. The quantitative estimate of drug-likeness (QED) is 0.818. The van der Waals surface area contributed by atoms with E-state index in [1.807, 2.05) is 20.8 Å². The van der Waals surface area contributed by atoms with E-state index in [0.717, 1.165) is 12.8 Å². The van der Waals surface area contributed by atoms with Crippen molar-refractivity contribution in [3.63, 3.8) is 0 Å². The Morgan fingerprint density at radius 1 is 1.16 bits per heavy atom. The van der Waals surface area contributed by atoms with Gasteiger partial charge in [0.15, 0.2) is 0 Å². The zero-order valence-electron chi connectivity index (χ0n) is 14.9. The van der Waals surface area contributed by atoms with Gasteiger partial charge in [0.2, 0.25) is 0 Å². The van der Waals surface area contributed by atoms with Crippen molar-refractivity contribution in [2.45, 2.75) is 46.1 Å². The number of hydrogen-bond acceptors (Lipinski definition) is 4. The Bertz CT molecular complexity index is 751. The molecule has 1 aromatic heterocycles. The number of halogens is 3. The predicted molar refractivity (Wildman–Crippen MR) is 103 cm³/mol. The maximum absolute atomic E-state index is 13.8. The minimum absolute atomic E-state index is 0. The van der Waals surface area contributed by atoms with Crippen LogP contribution in [0.3, 0.4) is 0 Å². The SMILES string of the molecule is CCC(N)(CC)CNC(=O)c1cc(F)cc2nc(C)c(C)nc12.Cl.Cl. The normalized spacial score (nSPS) is 10.8. The smallest absolute Gasteiger partial charge is 0.253 e. The third-order valence-electron chi connectivity index (χ3n) is 4.40. The zero-order valence-corrected chi connectivity index (χ0v) is 16.5. The average Bonchev–Trinajstić information content (AvgIpc) is 2.53. The van der Waals surface area contributed by atoms with Gasteiger partial charge in [-0.05, 0) is 32.8 Å². The average molecular weight is 391 g/mol. The Hall–Kier alpha value is -1.50. The maximum atomic E-state index is 13.8. The molecule has 2 aromatic rings. The summed E-state index contributed by atoms with van der Waals surface area (Å²) in [7, 11) is 0. The third-order valence-corrected chi connectivity index (χ3v) is 4.40. The Morgan fingerprint density at radius 3 is 2.28 bits per heavy atom. The molecule has 0 atom stereocenters. The number of carbonyl (C=O) groups excluding carboxylic acids is 1. The van der Waals surface area contributed by atoms with Crippen LogP contribution in [0, 0.1) is 19.7 Å². The molecule has 0 saturated carbocycles. The lowest BCUT2D eigenvalue weighted by atomic mass is 9.94. The topological polar surface area (TPSA) is 80.9 Å². The molecule has 0 radical (unpaired) electrons. The molecule has 140 valence electrons. The molecule has 0 bridgehead atoms. The van der Waals surface area contributed by atoms with Crippen molar-refractivity contribution in [2.24, 2.45) is 5.73 Å². The van der Waals surface area contributed by atoms with Crippen LogP contribution in [0.4, 0.5) is 4.39 Å². The highest BCUT2D eigenvalue weighted by Gasteiger charge is 2.22. The first kappa shape index (κ1) is 23.5. The summed E-state index contributed by atoms with van der Waals surface area (Å²) in [5, 5.41) is 2.80. The van der Waals surface area contributed by atoms with Crippen LogP contribution in [0.5, 0.6) is 0 Å². The molecule has 5 nitrogen and oxygen atoms in total. The number of aromatic nitrogens is 2. The molecule has 0 aliphatic carbocycles. The molecule has 1 heterocycles. The van der Waals surface area contributed by atoms with E-state index in [9.17, 15) is 9.18 Å². The maximum Gasteiger partial charge on any atom is 0.253 e. The van der Waals surface area contributed by atoms with Crippen LogP contribution in [0.2, 0.25) is 0 Å². The largest absolute Gasteiger partial charge is 0.350 e. The zero-order chi connectivity index (χ0) is 17.2. The number of aryl methyl sites for hydroxylation is 2. The Morgan fingerprint density at radius 2 is 1.72 bits per heavy atom. The van der Waals surface area contributed by atoms with Crippen molar-refractivity contribution >= 4 is 41.8 Å². The van der Waals surface area contributed by atoms with E-state index in [4.69, 9.17) is 5.73 Å². The van der Waals surface area contributed by atoms with Crippen molar-refractivity contribution < 1.29 is 9.18 Å². The van der Waals surface area contributed by atoms with Crippen LogP contribution in [-0.2, 0) is 0 Å². The Balaban J connectivity index is 0.00000288. The van der Waals surface area contributed by atoms with Gasteiger partial charge in [-0.3, -0.25) is 4.79 Å². The van der Waals surface area contributed by atoms with E-state index < -0.39 is 11.4 Å². The lowest BCUT2D eigenvalue weighted by molar-refractivity contribution is 0.0943. The van der Waals surface area contributed by atoms with Gasteiger partial charge >= 0.3 is 0 Å². The molecular formula is C17H25Cl2FN4O. The molecule has 1 aromatic carbocycles. The van der Waals surface area contributed by atoms with Gasteiger partial charge < -0.3 is 11.1 Å². The molecule has 0 aliphatic rings. The van der Waals surface area contributed by atoms with Crippen molar-refractivity contribution in [1.82, 2.24) is 15.3 Å². The second kappa shape index (κ2) is 9.27. The summed E-state index contributed by atoms with van der Waals surface area (Å²) in [6.07, 6.45) is 1.48. The third kappa shape index (κ3) is 5.23. The molecule has 0 saturated heterocycles. The van der Waals surface area contributed by atoms with Gasteiger partial charge in [0.25, 0.3) is 5.91 Å². The van der Waals surface area contributed by atoms with E-state index in [-0.39, 0.29) is 36.3 Å². The summed E-state index contributed by atoms with van der Waals surface area (Å²) < 4.78 is 13.8. The minimum Gasteiger partial charge on any atom is -0.350 e. The number of rotatable bonds is 5. The van der Waals surface area contributed by atoms with Crippen LogP contribution in [0.15, 0.2) is 12.1 Å². The first-order chi connectivity index (χ1) is 10.8. The van der Waals surface area contributed by atoms with Gasteiger partial charge in [-0.25, -0.2) is 14.4 Å². The first-order valence-electron chi connectivity index (χ1n) is 7.81. The summed E-state index contributed by atoms with van der Waals surface area (Å²) in [6.45, 7) is 7.90. The van der Waals surface area contributed by atoms with Gasteiger partial charge in [-0.2, -0.15) is 0 Å². The standard InChI is InChI=1S/C17H23FN4O.2ClH/c1-5-17(19,6-2)9-20-16(23)13-7-12(18)8-14-15(13)22-11(4)10(3)21-14;;/h7-8H,5-6,9,19H2,1-4H3,(H,20,23);2*1H. The molecule has 0 aliphatic heterocycles. The fourth-order valence-corrected chi connectivity index (χ4v) is 2.32. The molecule has 1 amide bonds. The number of benzene rings is 1. The van der Waals surface area contributed by atoms with Crippen molar-refractivity contribution in [2.75, 3.05) is 6.54 Å². The number of nitrogens with zero attached hydrogens (tertiary/aromatic N) is 2. The summed E-state index contributed by atoms with van der Waals surface area (Å²) in [5.41, 5.74) is 8.13. The molecule has 0 fully saturated rings. The molecule has 0 spiro atoms. The Labute approximate surface area is 159 Å². The molecule has 2 rings (SSSR count). The van der Waals surface area contributed by atoms with Crippen molar-refractivity contribution in [3.05, 3.63) is 34.9 Å². The monoisotopic (exact) mass is 390 g/mol. The van der Waals surface area contributed by atoms with E-state index in [2.05, 4.69) is 15.3 Å². The molecule has 3 N–H and O–H groups in total. The van der Waals surface area contributed by atoms with Gasteiger partial charge in [-0.15, -0.1) is 24.8 Å². The number of hydrogen-bond donors (Lipinski definition) is 2. The summed E-state index contributed by atoms with van der Waals surface area (Å²) >= 11 is 0. The molecule has 25 heavy (non-hydrogen) atoms. The van der Waals surface area contributed by atoms with Crippen LogP contribution in [0.1, 0.15) is 48.4 Å². The van der Waals surface area contributed by atoms with E-state index in [1.165, 1.54) is 12.1 Å². The minimum atomic E-state index is -0.509. The summed E-state index contributed by atoms with van der Waals surface area (Å²) in [5.74, 6) is -0.894. The number of nitrogens with two attached hydrogens (primary N) is 1. The molecular weight excluding hydrogens is 366 g/mol. The van der Waals surface area contributed by atoms with E-state index in [0.29, 0.717) is 29.0 Å². The first-order valence-corrected chi connectivity index (χ1v) is 7.81. The highest BCUT2D eigenvalue weighted by atomic mass is 35.5. The number of carbonyl (C=O) groups is 1. The van der Waals surface area contributed by atoms with Crippen LogP contribution in [-0.4, -0.2) is 28.0 Å². The van der Waals surface area contributed by atoms with Crippen LogP contribution < -0.4 is 11.1 Å². The highest BCUT2D eigenvalue weighted by molar-refractivity contribution is 6.04. The van der Waals surface area contributed by atoms with Gasteiger partial charge in [0, 0.05) is 18.2 Å². The highest BCUT2D eigenvalue weighted by Crippen LogP contribution is 2.19. The number of nitrogens with one attached hydrogen (secondary N) is 1. The second-order valence-electron chi connectivity index (χ2n) is 5.97. The predicted octanol–water partition coefficient (Wildman–Crippen LogP) is 3.48. The summed E-state index contributed by atoms with van der Waals surface area (Å²) in [4.78, 5) is 21.2. The second-order valence-corrected chi connectivity index (χ2v) is 5.97.